The smallest absolute Gasteiger partial charge is 0.240 e. The van der Waals surface area contributed by atoms with E-state index in [0.29, 0.717) is 44.4 Å². The largest absolute Gasteiger partial charge is 0.490 e. The third-order valence-electron chi connectivity index (χ3n) is 4.76. The number of hydrogen-bond donors (Lipinski definition) is 2. The van der Waals surface area contributed by atoms with E-state index in [0.717, 1.165) is 5.56 Å². The van der Waals surface area contributed by atoms with Gasteiger partial charge in [-0.3, -0.25) is 9.59 Å². The number of halogens is 3. The van der Waals surface area contributed by atoms with Gasteiger partial charge < -0.3 is 14.8 Å². The van der Waals surface area contributed by atoms with Crippen LogP contribution in [0.3, 0.4) is 0 Å². The van der Waals surface area contributed by atoms with E-state index in [1.807, 2.05) is 6.92 Å². The third-order valence-corrected chi connectivity index (χ3v) is 5.58. The van der Waals surface area contributed by atoms with E-state index >= 15 is 0 Å². The van der Waals surface area contributed by atoms with Gasteiger partial charge in [0.1, 0.15) is 6.61 Å². The average Bonchev–Trinajstić information content (AvgIpc) is 2.83. The van der Waals surface area contributed by atoms with Gasteiger partial charge >= 0.3 is 0 Å². The van der Waals surface area contributed by atoms with Crippen molar-refractivity contribution in [3.63, 3.8) is 0 Å². The average molecular weight is 549 g/mol. The Kier molecular flexibility index (Phi) is 10.4. The first-order valence-electron chi connectivity index (χ1n) is 11.0. The summed E-state index contributed by atoms with van der Waals surface area (Å²) in [7, 11) is 0. The van der Waals surface area contributed by atoms with Crippen LogP contribution >= 0.6 is 34.8 Å². The number of hydrazone groups is 1. The maximum Gasteiger partial charge on any atom is 0.240 e. The fourth-order valence-electron chi connectivity index (χ4n) is 3.04. The maximum atomic E-state index is 12.0. The molecular weight excluding hydrogens is 525 g/mol. The molecule has 0 aromatic heterocycles. The summed E-state index contributed by atoms with van der Waals surface area (Å²) in [6, 6.07) is 17.2. The van der Waals surface area contributed by atoms with Crippen LogP contribution in [0.15, 0.2) is 65.8 Å². The molecule has 3 aromatic carbocycles. The number of nitrogens with zero attached hydrogens (tertiary/aromatic N) is 1. The van der Waals surface area contributed by atoms with Gasteiger partial charge in [0.05, 0.1) is 12.8 Å². The van der Waals surface area contributed by atoms with Gasteiger partial charge in [-0.15, -0.1) is 0 Å². The lowest BCUT2D eigenvalue weighted by molar-refractivity contribution is -0.124. The molecule has 36 heavy (non-hydrogen) atoms. The molecule has 0 aliphatic rings. The Morgan fingerprint density at radius 3 is 2.42 bits per heavy atom. The zero-order valence-corrected chi connectivity index (χ0v) is 21.7. The monoisotopic (exact) mass is 547 g/mol. The van der Waals surface area contributed by atoms with Crippen LogP contribution in [-0.4, -0.2) is 24.6 Å². The molecule has 0 bridgehead atoms. The van der Waals surface area contributed by atoms with Gasteiger partial charge in [0.15, 0.2) is 11.5 Å². The van der Waals surface area contributed by atoms with E-state index < -0.39 is 5.91 Å². The predicted molar refractivity (Wildman–Crippen MR) is 143 cm³/mol. The van der Waals surface area contributed by atoms with Gasteiger partial charge in [0.25, 0.3) is 0 Å². The molecule has 0 saturated heterocycles. The number of hydrogen-bond acceptors (Lipinski definition) is 5. The van der Waals surface area contributed by atoms with Crippen LogP contribution in [0.1, 0.15) is 30.9 Å². The van der Waals surface area contributed by atoms with E-state index in [9.17, 15) is 9.59 Å². The van der Waals surface area contributed by atoms with Crippen molar-refractivity contribution in [3.05, 3.63) is 86.9 Å². The Morgan fingerprint density at radius 2 is 1.67 bits per heavy atom. The molecule has 2 amide bonds. The minimum atomic E-state index is -0.391. The highest BCUT2D eigenvalue weighted by molar-refractivity contribution is 6.35. The zero-order chi connectivity index (χ0) is 25.9. The number of anilines is 1. The van der Waals surface area contributed by atoms with Crippen molar-refractivity contribution in [2.75, 3.05) is 11.9 Å². The summed E-state index contributed by atoms with van der Waals surface area (Å²) in [5.41, 5.74) is 4.46. The second-order valence-corrected chi connectivity index (χ2v) is 8.80. The minimum Gasteiger partial charge on any atom is -0.490 e. The molecule has 2 N–H and O–H groups in total. The van der Waals surface area contributed by atoms with Crippen LogP contribution in [0.25, 0.3) is 0 Å². The summed E-state index contributed by atoms with van der Waals surface area (Å²) in [5, 5.41) is 8.23. The number of amides is 2. The van der Waals surface area contributed by atoms with Gasteiger partial charge in [-0.25, -0.2) is 5.43 Å². The molecule has 7 nitrogen and oxygen atoms in total. The molecule has 0 radical (unpaired) electrons. The normalized spacial score (nSPS) is 10.8. The molecule has 0 fully saturated rings. The van der Waals surface area contributed by atoms with Crippen molar-refractivity contribution in [3.8, 4) is 11.5 Å². The van der Waals surface area contributed by atoms with Crippen LogP contribution in [0, 0.1) is 0 Å². The second-order valence-electron chi connectivity index (χ2n) is 7.52. The van der Waals surface area contributed by atoms with Crippen LogP contribution in [0.5, 0.6) is 11.5 Å². The number of carbonyl (C=O) groups is 2. The first kappa shape index (κ1) is 27.3. The van der Waals surface area contributed by atoms with Crippen LogP contribution < -0.4 is 20.2 Å². The molecule has 10 heteroatoms. The maximum absolute atomic E-state index is 12.0. The van der Waals surface area contributed by atoms with E-state index in [4.69, 9.17) is 44.3 Å². The highest BCUT2D eigenvalue weighted by atomic mass is 35.5. The second kappa shape index (κ2) is 13.7. The fraction of sp³-hybridized carbons (Fsp3) is 0.192. The standard InChI is InChI=1S/C26H24Cl3N3O4/c1-2-35-24-12-17(6-9-23(24)36-16-18-7-8-20(28)14-22(18)29)15-30-32-26(34)11-10-25(33)31-21-5-3-4-19(27)13-21/h3-9,12-15H,2,10-11,16H2,1H3,(H,31,33)(H,32,34). The molecule has 0 unspecified atom stereocenters. The van der Waals surface area contributed by atoms with Crippen molar-refractivity contribution in [1.29, 1.82) is 0 Å². The summed E-state index contributed by atoms with van der Waals surface area (Å²) < 4.78 is 11.6. The Hall–Kier alpha value is -3.26. The molecule has 0 saturated carbocycles. The van der Waals surface area contributed by atoms with Crippen molar-refractivity contribution < 1.29 is 19.1 Å². The first-order valence-corrected chi connectivity index (χ1v) is 12.2. The summed E-state index contributed by atoms with van der Waals surface area (Å²) in [6.45, 7) is 2.54. The molecule has 0 spiro atoms. The van der Waals surface area contributed by atoms with Crippen molar-refractivity contribution in [1.82, 2.24) is 5.43 Å². The number of rotatable bonds is 11. The first-order chi connectivity index (χ1) is 17.3. The number of carbonyl (C=O) groups excluding carboxylic acids is 2. The van der Waals surface area contributed by atoms with Crippen molar-refractivity contribution in [2.45, 2.75) is 26.4 Å². The van der Waals surface area contributed by atoms with Crippen LogP contribution in [0.4, 0.5) is 5.69 Å². The van der Waals surface area contributed by atoms with Gasteiger partial charge in [0.2, 0.25) is 11.8 Å². The van der Waals surface area contributed by atoms with Gasteiger partial charge in [-0.1, -0.05) is 46.9 Å². The lowest BCUT2D eigenvalue weighted by atomic mass is 10.2. The summed E-state index contributed by atoms with van der Waals surface area (Å²) >= 11 is 18.0. The molecule has 188 valence electrons. The van der Waals surface area contributed by atoms with Crippen molar-refractivity contribution in [2.24, 2.45) is 5.10 Å². The lowest BCUT2D eigenvalue weighted by Crippen LogP contribution is -2.20. The van der Waals surface area contributed by atoms with Gasteiger partial charge in [0, 0.05) is 39.2 Å². The molecule has 0 aliphatic heterocycles. The Labute approximate surface area is 224 Å². The van der Waals surface area contributed by atoms with E-state index in [1.54, 1.807) is 60.7 Å². The topological polar surface area (TPSA) is 89.0 Å². The van der Waals surface area contributed by atoms with Gasteiger partial charge in [-0.2, -0.15) is 5.10 Å². The highest BCUT2D eigenvalue weighted by Crippen LogP contribution is 2.30. The molecule has 0 heterocycles. The zero-order valence-electron chi connectivity index (χ0n) is 19.4. The third kappa shape index (κ3) is 8.75. The Balaban J connectivity index is 1.51. The fourth-order valence-corrected chi connectivity index (χ4v) is 3.69. The molecular formula is C26H24Cl3N3O4. The SMILES string of the molecule is CCOc1cc(C=NNC(=O)CCC(=O)Nc2cccc(Cl)c2)ccc1OCc1ccc(Cl)cc1Cl. The lowest BCUT2D eigenvalue weighted by Gasteiger charge is -2.13. The number of nitrogens with one attached hydrogen (secondary N) is 2. The van der Waals surface area contributed by atoms with E-state index in [1.165, 1.54) is 6.21 Å². The summed E-state index contributed by atoms with van der Waals surface area (Å²) in [5.74, 6) is 0.371. The molecule has 0 aliphatic carbocycles. The molecule has 3 aromatic rings. The quantitative estimate of drug-likeness (QED) is 0.212. The molecule has 3 rings (SSSR count). The molecule has 0 atom stereocenters. The minimum absolute atomic E-state index is 0.00598. The Morgan fingerprint density at radius 1 is 0.889 bits per heavy atom. The van der Waals surface area contributed by atoms with E-state index in [-0.39, 0.29) is 25.4 Å². The number of benzene rings is 3. The van der Waals surface area contributed by atoms with Crippen LogP contribution in [0.2, 0.25) is 15.1 Å². The van der Waals surface area contributed by atoms with E-state index in [2.05, 4.69) is 15.8 Å². The Bertz CT molecular complexity index is 1250. The summed E-state index contributed by atoms with van der Waals surface area (Å²) in [6.07, 6.45) is 1.46. The van der Waals surface area contributed by atoms with Crippen molar-refractivity contribution >= 4 is 58.5 Å². The predicted octanol–water partition coefficient (Wildman–Crippen LogP) is 6.49. The van der Waals surface area contributed by atoms with Gasteiger partial charge in [-0.05, 0) is 61.0 Å². The van der Waals surface area contributed by atoms with Crippen LogP contribution in [-0.2, 0) is 16.2 Å². The highest BCUT2D eigenvalue weighted by Gasteiger charge is 2.10. The number of ether oxygens (including phenoxy) is 2. The summed E-state index contributed by atoms with van der Waals surface area (Å²) in [4.78, 5) is 24.1.